The summed E-state index contributed by atoms with van der Waals surface area (Å²) in [5, 5.41) is 0. The van der Waals surface area contributed by atoms with E-state index >= 15 is 0 Å². The first-order valence-corrected chi connectivity index (χ1v) is 5.59. The maximum atomic E-state index is 11.5. The first kappa shape index (κ1) is 10.5. The van der Waals surface area contributed by atoms with Crippen LogP contribution in [0.1, 0.15) is 18.9 Å². The first-order valence-electron chi connectivity index (χ1n) is 5.06. The van der Waals surface area contributed by atoms with Gasteiger partial charge in [-0.05, 0) is 12.5 Å². The lowest BCUT2D eigenvalue weighted by Crippen LogP contribution is -2.62. The van der Waals surface area contributed by atoms with Gasteiger partial charge in [-0.2, -0.15) is 0 Å². The number of hydrogen-bond acceptors (Lipinski definition) is 1. The fourth-order valence-electron chi connectivity index (χ4n) is 1.89. The quantitative estimate of drug-likeness (QED) is 0.569. The van der Waals surface area contributed by atoms with Crippen molar-refractivity contribution in [2.45, 2.75) is 25.4 Å². The summed E-state index contributed by atoms with van der Waals surface area (Å²) >= 11 is 5.88. The molecule has 0 N–H and O–H groups in total. The molecule has 2 rings (SSSR count). The Morgan fingerprint density at radius 2 is 2.07 bits per heavy atom. The van der Waals surface area contributed by atoms with Crippen LogP contribution in [0, 0.1) is 0 Å². The molecule has 0 aliphatic carbocycles. The van der Waals surface area contributed by atoms with E-state index in [9.17, 15) is 4.79 Å². The highest BCUT2D eigenvalue weighted by atomic mass is 35.5. The summed E-state index contributed by atoms with van der Waals surface area (Å²) in [6, 6.07) is 10.00. The van der Waals surface area contributed by atoms with E-state index in [0.717, 1.165) is 5.56 Å². The summed E-state index contributed by atoms with van der Waals surface area (Å²) in [4.78, 5) is 13.3. The SMILES string of the molecule is CC1(CCl)CC(=O)N1Cc1ccccc1. The van der Waals surface area contributed by atoms with Crippen molar-refractivity contribution in [1.29, 1.82) is 0 Å². The van der Waals surface area contributed by atoms with Crippen molar-refractivity contribution in [2.75, 3.05) is 5.88 Å². The van der Waals surface area contributed by atoms with Crippen LogP contribution in [0.4, 0.5) is 0 Å². The second-order valence-electron chi connectivity index (χ2n) is 4.27. The molecule has 0 saturated carbocycles. The van der Waals surface area contributed by atoms with E-state index in [-0.39, 0.29) is 11.4 Å². The summed E-state index contributed by atoms with van der Waals surface area (Å²) in [5.41, 5.74) is 1.01. The van der Waals surface area contributed by atoms with Gasteiger partial charge in [0.15, 0.2) is 0 Å². The van der Waals surface area contributed by atoms with Crippen molar-refractivity contribution in [3.63, 3.8) is 0 Å². The van der Waals surface area contributed by atoms with Crippen molar-refractivity contribution in [2.24, 2.45) is 0 Å². The van der Waals surface area contributed by atoms with Crippen LogP contribution >= 0.6 is 11.6 Å². The van der Waals surface area contributed by atoms with Gasteiger partial charge in [-0.15, -0.1) is 11.6 Å². The fraction of sp³-hybridized carbons (Fsp3) is 0.417. The zero-order valence-electron chi connectivity index (χ0n) is 8.74. The Balaban J connectivity index is 2.09. The van der Waals surface area contributed by atoms with E-state index in [1.165, 1.54) is 0 Å². The van der Waals surface area contributed by atoms with Crippen LogP contribution in [0.2, 0.25) is 0 Å². The van der Waals surface area contributed by atoms with Gasteiger partial charge < -0.3 is 4.90 Å². The molecule has 0 spiro atoms. The molecule has 80 valence electrons. The monoisotopic (exact) mass is 223 g/mol. The van der Waals surface area contributed by atoms with Crippen molar-refractivity contribution in [3.8, 4) is 0 Å². The van der Waals surface area contributed by atoms with Crippen LogP contribution in [0.15, 0.2) is 30.3 Å². The normalized spacial score (nSPS) is 25.2. The summed E-state index contributed by atoms with van der Waals surface area (Å²) < 4.78 is 0. The number of alkyl halides is 1. The molecule has 1 aromatic carbocycles. The Morgan fingerprint density at radius 3 is 2.60 bits per heavy atom. The van der Waals surface area contributed by atoms with E-state index in [1.807, 2.05) is 42.2 Å². The second-order valence-corrected chi connectivity index (χ2v) is 4.54. The van der Waals surface area contributed by atoms with Crippen molar-refractivity contribution in [3.05, 3.63) is 35.9 Å². The molecule has 1 aliphatic rings. The zero-order chi connectivity index (χ0) is 10.9. The summed E-state index contributed by atoms with van der Waals surface area (Å²) in [6.45, 7) is 2.70. The minimum Gasteiger partial charge on any atom is -0.331 e. The van der Waals surface area contributed by atoms with Gasteiger partial charge in [0.1, 0.15) is 0 Å². The molecule has 2 nitrogen and oxygen atoms in total. The third kappa shape index (κ3) is 1.86. The average Bonchev–Trinajstić information content (AvgIpc) is 2.27. The molecule has 1 amide bonds. The maximum absolute atomic E-state index is 11.5. The van der Waals surface area contributed by atoms with Crippen LogP contribution in [0.3, 0.4) is 0 Å². The highest BCUT2D eigenvalue weighted by Gasteiger charge is 2.46. The predicted molar refractivity (Wildman–Crippen MR) is 60.7 cm³/mol. The van der Waals surface area contributed by atoms with Gasteiger partial charge >= 0.3 is 0 Å². The largest absolute Gasteiger partial charge is 0.331 e. The number of carbonyl (C=O) groups is 1. The molecule has 0 aromatic heterocycles. The Hall–Kier alpha value is -1.02. The van der Waals surface area contributed by atoms with Gasteiger partial charge in [-0.1, -0.05) is 30.3 Å². The molecular formula is C12H14ClNO. The van der Waals surface area contributed by atoms with Crippen LogP contribution in [-0.4, -0.2) is 22.2 Å². The minimum absolute atomic E-state index is 0.144. The number of carbonyl (C=O) groups excluding carboxylic acids is 1. The molecule has 1 unspecified atom stereocenters. The van der Waals surface area contributed by atoms with Crippen LogP contribution in [0.5, 0.6) is 0 Å². The lowest BCUT2D eigenvalue weighted by atomic mass is 9.87. The third-order valence-electron chi connectivity index (χ3n) is 2.96. The molecule has 1 saturated heterocycles. The van der Waals surface area contributed by atoms with E-state index < -0.39 is 0 Å². The highest BCUT2D eigenvalue weighted by molar-refractivity contribution is 6.19. The third-order valence-corrected chi connectivity index (χ3v) is 3.53. The van der Waals surface area contributed by atoms with Gasteiger partial charge in [0, 0.05) is 12.4 Å². The van der Waals surface area contributed by atoms with Crippen molar-refractivity contribution < 1.29 is 4.79 Å². The zero-order valence-corrected chi connectivity index (χ0v) is 9.50. The van der Waals surface area contributed by atoms with E-state index in [2.05, 4.69) is 0 Å². The summed E-state index contributed by atoms with van der Waals surface area (Å²) in [5.74, 6) is 0.702. The molecular weight excluding hydrogens is 210 g/mol. The summed E-state index contributed by atoms with van der Waals surface area (Å²) in [7, 11) is 0. The molecule has 15 heavy (non-hydrogen) atoms. The number of halogens is 1. The van der Waals surface area contributed by atoms with Gasteiger partial charge in [-0.3, -0.25) is 4.79 Å². The molecule has 1 aliphatic heterocycles. The highest BCUT2D eigenvalue weighted by Crippen LogP contribution is 2.34. The fourth-order valence-corrected chi connectivity index (χ4v) is 2.13. The summed E-state index contributed by atoms with van der Waals surface area (Å²) in [6.07, 6.45) is 0.573. The standard InChI is InChI=1S/C12H14ClNO/c1-12(9-13)7-11(15)14(12)8-10-5-3-2-4-6-10/h2-6H,7-9H2,1H3. The molecule has 3 heteroatoms. The lowest BCUT2D eigenvalue weighted by Gasteiger charge is -2.49. The topological polar surface area (TPSA) is 20.3 Å². The van der Waals surface area contributed by atoms with Gasteiger partial charge in [0.25, 0.3) is 0 Å². The minimum atomic E-state index is -0.144. The number of amides is 1. The second kappa shape index (κ2) is 3.86. The Bertz CT molecular complexity index is 365. The number of benzene rings is 1. The number of nitrogens with zero attached hydrogens (tertiary/aromatic N) is 1. The Kier molecular flexibility index (Phi) is 2.70. The number of likely N-dealkylation sites (tertiary alicyclic amines) is 1. The smallest absolute Gasteiger partial charge is 0.225 e. The lowest BCUT2D eigenvalue weighted by molar-refractivity contribution is -0.154. The van der Waals surface area contributed by atoms with E-state index in [0.29, 0.717) is 18.8 Å². The molecule has 1 fully saturated rings. The van der Waals surface area contributed by atoms with Gasteiger partial charge in [0.05, 0.1) is 12.0 Å². The van der Waals surface area contributed by atoms with E-state index in [4.69, 9.17) is 11.6 Å². The average molecular weight is 224 g/mol. The van der Waals surface area contributed by atoms with E-state index in [1.54, 1.807) is 0 Å². The molecule has 0 bridgehead atoms. The van der Waals surface area contributed by atoms with Crippen LogP contribution in [-0.2, 0) is 11.3 Å². The predicted octanol–water partition coefficient (Wildman–Crippen LogP) is 2.42. The van der Waals surface area contributed by atoms with Crippen LogP contribution < -0.4 is 0 Å². The maximum Gasteiger partial charge on any atom is 0.225 e. The number of rotatable bonds is 3. The molecule has 1 atom stereocenters. The number of hydrogen-bond donors (Lipinski definition) is 0. The van der Waals surface area contributed by atoms with Gasteiger partial charge in [-0.25, -0.2) is 0 Å². The first-order chi connectivity index (χ1) is 7.15. The van der Waals surface area contributed by atoms with Gasteiger partial charge in [0.2, 0.25) is 5.91 Å². The Labute approximate surface area is 94.8 Å². The Morgan fingerprint density at radius 1 is 1.40 bits per heavy atom. The van der Waals surface area contributed by atoms with Crippen LogP contribution in [0.25, 0.3) is 0 Å². The van der Waals surface area contributed by atoms with Crippen molar-refractivity contribution >= 4 is 17.5 Å². The molecule has 1 heterocycles. The van der Waals surface area contributed by atoms with Crippen molar-refractivity contribution in [1.82, 2.24) is 4.90 Å². The molecule has 1 aromatic rings. The number of β-lactam (4-membered cyclic amide) rings is 1. The molecule has 0 radical (unpaired) electrons.